The van der Waals surface area contributed by atoms with Crippen LogP contribution in [-0.4, -0.2) is 37.6 Å². The zero-order valence-electron chi connectivity index (χ0n) is 15.5. The molecule has 0 heterocycles. The standard InChI is InChI=1S/C20H26ClN3O2/c1-4-24(5-2)18(14-9-7-6-8-10-14)13-23-20(25)15-11-16(21)17(22)12-19(15)26-3/h6-12,18H,4-5,13,22H2,1-3H3,(H,23,25). The molecule has 0 saturated heterocycles. The van der Waals surface area contributed by atoms with Gasteiger partial charge in [-0.25, -0.2) is 0 Å². The van der Waals surface area contributed by atoms with E-state index in [0.29, 0.717) is 28.6 Å². The second-order valence-corrected chi connectivity index (χ2v) is 6.34. The molecule has 2 aromatic rings. The van der Waals surface area contributed by atoms with Crippen molar-refractivity contribution in [1.29, 1.82) is 0 Å². The highest BCUT2D eigenvalue weighted by Gasteiger charge is 2.21. The molecule has 1 unspecified atom stereocenters. The number of likely N-dealkylation sites (N-methyl/N-ethyl adjacent to an activating group) is 1. The van der Waals surface area contributed by atoms with Gasteiger partial charge in [-0.1, -0.05) is 55.8 Å². The van der Waals surface area contributed by atoms with E-state index in [1.807, 2.05) is 18.2 Å². The number of nitrogens with zero attached hydrogens (tertiary/aromatic N) is 1. The fourth-order valence-corrected chi connectivity index (χ4v) is 3.16. The quantitative estimate of drug-likeness (QED) is 0.689. The Balaban J connectivity index is 2.21. The van der Waals surface area contributed by atoms with E-state index < -0.39 is 0 Å². The largest absolute Gasteiger partial charge is 0.496 e. The monoisotopic (exact) mass is 375 g/mol. The number of rotatable bonds is 8. The van der Waals surface area contributed by atoms with Gasteiger partial charge in [0.05, 0.1) is 29.4 Å². The first-order chi connectivity index (χ1) is 12.5. The van der Waals surface area contributed by atoms with Crippen LogP contribution in [0.3, 0.4) is 0 Å². The molecular weight excluding hydrogens is 350 g/mol. The number of carbonyl (C=O) groups is 1. The first-order valence-electron chi connectivity index (χ1n) is 8.71. The van der Waals surface area contributed by atoms with Crippen molar-refractivity contribution in [1.82, 2.24) is 10.2 Å². The third-order valence-electron chi connectivity index (χ3n) is 4.46. The van der Waals surface area contributed by atoms with Crippen LogP contribution in [0, 0.1) is 0 Å². The van der Waals surface area contributed by atoms with Gasteiger partial charge < -0.3 is 15.8 Å². The predicted molar refractivity (Wildman–Crippen MR) is 107 cm³/mol. The maximum absolute atomic E-state index is 12.7. The highest BCUT2D eigenvalue weighted by Crippen LogP contribution is 2.29. The van der Waals surface area contributed by atoms with Crippen LogP contribution < -0.4 is 15.8 Å². The highest BCUT2D eigenvalue weighted by atomic mass is 35.5. The van der Waals surface area contributed by atoms with Crippen molar-refractivity contribution in [3.05, 3.63) is 58.6 Å². The highest BCUT2D eigenvalue weighted by molar-refractivity contribution is 6.33. The van der Waals surface area contributed by atoms with Gasteiger partial charge in [0.2, 0.25) is 0 Å². The Bertz CT molecular complexity index is 733. The molecule has 3 N–H and O–H groups in total. The van der Waals surface area contributed by atoms with Crippen molar-refractivity contribution in [3.63, 3.8) is 0 Å². The Morgan fingerprint density at radius 1 is 1.23 bits per heavy atom. The van der Waals surface area contributed by atoms with E-state index in [9.17, 15) is 4.79 Å². The summed E-state index contributed by atoms with van der Waals surface area (Å²) >= 11 is 6.07. The molecule has 1 amide bonds. The summed E-state index contributed by atoms with van der Waals surface area (Å²) in [5.41, 5.74) is 7.71. The topological polar surface area (TPSA) is 67.6 Å². The number of nitrogen functional groups attached to an aromatic ring is 1. The van der Waals surface area contributed by atoms with Crippen LogP contribution in [0.2, 0.25) is 5.02 Å². The molecule has 5 nitrogen and oxygen atoms in total. The number of amides is 1. The summed E-state index contributed by atoms with van der Waals surface area (Å²) in [6.07, 6.45) is 0. The van der Waals surface area contributed by atoms with E-state index in [1.54, 1.807) is 12.1 Å². The normalized spacial score (nSPS) is 12.0. The Labute approximate surface area is 160 Å². The van der Waals surface area contributed by atoms with Gasteiger partial charge in [-0.3, -0.25) is 9.69 Å². The zero-order chi connectivity index (χ0) is 19.1. The van der Waals surface area contributed by atoms with Crippen LogP contribution in [0.25, 0.3) is 0 Å². The molecular formula is C20H26ClN3O2. The van der Waals surface area contributed by atoms with Crippen molar-refractivity contribution in [2.45, 2.75) is 19.9 Å². The zero-order valence-corrected chi connectivity index (χ0v) is 16.2. The molecule has 0 spiro atoms. The molecule has 0 aliphatic carbocycles. The van der Waals surface area contributed by atoms with Crippen LogP contribution in [0.5, 0.6) is 5.75 Å². The number of halogens is 1. The van der Waals surface area contributed by atoms with Gasteiger partial charge in [-0.05, 0) is 24.7 Å². The number of hydrogen-bond donors (Lipinski definition) is 2. The van der Waals surface area contributed by atoms with E-state index in [2.05, 4.69) is 36.2 Å². The van der Waals surface area contributed by atoms with Crippen molar-refractivity contribution in [2.75, 3.05) is 32.5 Å². The smallest absolute Gasteiger partial charge is 0.255 e. The van der Waals surface area contributed by atoms with Gasteiger partial charge >= 0.3 is 0 Å². The number of nitrogens with one attached hydrogen (secondary N) is 1. The molecule has 0 fully saturated rings. The molecule has 0 aliphatic heterocycles. The van der Waals surface area contributed by atoms with Crippen molar-refractivity contribution in [2.24, 2.45) is 0 Å². The Kier molecular flexibility index (Phi) is 7.30. The van der Waals surface area contributed by atoms with Crippen LogP contribution >= 0.6 is 11.6 Å². The van der Waals surface area contributed by atoms with E-state index in [1.165, 1.54) is 12.7 Å². The predicted octanol–water partition coefficient (Wildman–Crippen LogP) is 3.74. The Morgan fingerprint density at radius 2 is 1.88 bits per heavy atom. The molecule has 140 valence electrons. The van der Waals surface area contributed by atoms with Crippen molar-refractivity contribution >= 4 is 23.2 Å². The third kappa shape index (κ3) is 4.68. The van der Waals surface area contributed by atoms with E-state index in [-0.39, 0.29) is 11.9 Å². The van der Waals surface area contributed by atoms with Crippen LogP contribution in [0.1, 0.15) is 35.8 Å². The lowest BCUT2D eigenvalue weighted by Gasteiger charge is -2.30. The molecule has 6 heteroatoms. The Hall–Kier alpha value is -2.24. The molecule has 26 heavy (non-hydrogen) atoms. The Morgan fingerprint density at radius 3 is 2.46 bits per heavy atom. The minimum atomic E-state index is -0.239. The third-order valence-corrected chi connectivity index (χ3v) is 4.78. The van der Waals surface area contributed by atoms with E-state index >= 15 is 0 Å². The van der Waals surface area contributed by atoms with Crippen molar-refractivity contribution in [3.8, 4) is 5.75 Å². The lowest BCUT2D eigenvalue weighted by Crippen LogP contribution is -2.38. The average Bonchev–Trinajstić information content (AvgIpc) is 2.67. The summed E-state index contributed by atoms with van der Waals surface area (Å²) in [7, 11) is 1.50. The first-order valence-corrected chi connectivity index (χ1v) is 9.09. The number of hydrogen-bond acceptors (Lipinski definition) is 4. The fraction of sp³-hybridized carbons (Fsp3) is 0.350. The SMILES string of the molecule is CCN(CC)C(CNC(=O)c1cc(Cl)c(N)cc1OC)c1ccccc1. The average molecular weight is 376 g/mol. The van der Waals surface area contributed by atoms with Gasteiger partial charge in [0.15, 0.2) is 0 Å². The van der Waals surface area contributed by atoms with Gasteiger partial charge in [0, 0.05) is 12.6 Å². The summed E-state index contributed by atoms with van der Waals surface area (Å²) < 4.78 is 5.27. The van der Waals surface area contributed by atoms with Gasteiger partial charge in [-0.15, -0.1) is 0 Å². The van der Waals surface area contributed by atoms with Gasteiger partial charge in [-0.2, -0.15) is 0 Å². The second-order valence-electron chi connectivity index (χ2n) is 5.93. The molecule has 1 atom stereocenters. The summed E-state index contributed by atoms with van der Waals surface area (Å²) in [6, 6.07) is 13.4. The summed E-state index contributed by atoms with van der Waals surface area (Å²) in [4.78, 5) is 15.0. The van der Waals surface area contributed by atoms with Gasteiger partial charge in [0.1, 0.15) is 5.75 Å². The number of nitrogens with two attached hydrogens (primary N) is 1. The molecule has 0 saturated carbocycles. The number of carbonyl (C=O) groups excluding carboxylic acids is 1. The van der Waals surface area contributed by atoms with Crippen LogP contribution in [0.15, 0.2) is 42.5 Å². The van der Waals surface area contributed by atoms with E-state index in [4.69, 9.17) is 22.1 Å². The molecule has 0 bridgehead atoms. The van der Waals surface area contributed by atoms with Crippen LogP contribution in [-0.2, 0) is 0 Å². The fourth-order valence-electron chi connectivity index (χ4n) is 3.00. The first kappa shape index (κ1) is 20.1. The lowest BCUT2D eigenvalue weighted by atomic mass is 10.0. The molecule has 2 rings (SSSR count). The number of benzene rings is 2. The van der Waals surface area contributed by atoms with Crippen molar-refractivity contribution < 1.29 is 9.53 Å². The summed E-state index contributed by atoms with van der Waals surface area (Å²) in [5.74, 6) is 0.167. The molecule has 0 radical (unpaired) electrons. The van der Waals surface area contributed by atoms with Gasteiger partial charge in [0.25, 0.3) is 5.91 Å². The van der Waals surface area contributed by atoms with E-state index in [0.717, 1.165) is 13.1 Å². The minimum absolute atomic E-state index is 0.0883. The maximum Gasteiger partial charge on any atom is 0.255 e. The number of methoxy groups -OCH3 is 1. The second kappa shape index (κ2) is 9.46. The maximum atomic E-state index is 12.7. The molecule has 0 aromatic heterocycles. The number of anilines is 1. The van der Waals surface area contributed by atoms with Crippen LogP contribution in [0.4, 0.5) is 5.69 Å². The number of ether oxygens (including phenoxy) is 1. The minimum Gasteiger partial charge on any atom is -0.496 e. The molecule has 0 aliphatic rings. The lowest BCUT2D eigenvalue weighted by molar-refractivity contribution is 0.0932. The summed E-state index contributed by atoms with van der Waals surface area (Å²) in [6.45, 7) is 6.50. The summed E-state index contributed by atoms with van der Waals surface area (Å²) in [5, 5.41) is 3.34. The molecule has 2 aromatic carbocycles.